The SMILES string of the molecule is COC(=O)[C@]12C(=O)CCC[C@H]1CC(C)=C[C@H]2C. The molecule has 0 amide bonds. The van der Waals surface area contributed by atoms with E-state index in [1.165, 1.54) is 12.7 Å². The monoisotopic (exact) mass is 236 g/mol. The van der Waals surface area contributed by atoms with Crippen LogP contribution in [-0.2, 0) is 14.3 Å². The summed E-state index contributed by atoms with van der Waals surface area (Å²) >= 11 is 0. The molecule has 3 nitrogen and oxygen atoms in total. The predicted octanol–water partition coefficient (Wildman–Crippen LogP) is 2.50. The highest BCUT2D eigenvalue weighted by Crippen LogP contribution is 2.51. The Morgan fingerprint density at radius 1 is 1.53 bits per heavy atom. The molecule has 3 atom stereocenters. The minimum absolute atomic E-state index is 0.0403. The van der Waals surface area contributed by atoms with Gasteiger partial charge in [0.1, 0.15) is 5.41 Å². The lowest BCUT2D eigenvalue weighted by Crippen LogP contribution is -2.54. The van der Waals surface area contributed by atoms with Crippen molar-refractivity contribution in [2.75, 3.05) is 7.11 Å². The molecule has 0 aliphatic heterocycles. The summed E-state index contributed by atoms with van der Waals surface area (Å²) in [5.41, 5.74) is 0.392. The number of allylic oxidation sites excluding steroid dienone is 2. The fraction of sp³-hybridized carbons (Fsp3) is 0.714. The molecular formula is C14H20O3. The van der Waals surface area contributed by atoms with Crippen molar-refractivity contribution in [3.63, 3.8) is 0 Å². The van der Waals surface area contributed by atoms with E-state index < -0.39 is 5.41 Å². The van der Waals surface area contributed by atoms with Crippen LogP contribution in [0.1, 0.15) is 39.5 Å². The topological polar surface area (TPSA) is 43.4 Å². The molecule has 3 heteroatoms. The van der Waals surface area contributed by atoms with Gasteiger partial charge in [-0.2, -0.15) is 0 Å². The van der Waals surface area contributed by atoms with E-state index in [9.17, 15) is 9.59 Å². The van der Waals surface area contributed by atoms with Crippen molar-refractivity contribution in [2.24, 2.45) is 17.3 Å². The highest BCUT2D eigenvalue weighted by atomic mass is 16.5. The maximum absolute atomic E-state index is 12.3. The summed E-state index contributed by atoms with van der Waals surface area (Å²) in [5.74, 6) is -0.155. The highest BCUT2D eigenvalue weighted by molar-refractivity contribution is 6.05. The zero-order valence-corrected chi connectivity index (χ0v) is 10.8. The molecule has 0 heterocycles. The molecule has 2 aliphatic rings. The van der Waals surface area contributed by atoms with Crippen LogP contribution in [0, 0.1) is 17.3 Å². The second-order valence-electron chi connectivity index (χ2n) is 5.38. The number of ether oxygens (including phenoxy) is 1. The molecule has 0 aromatic carbocycles. The maximum Gasteiger partial charge on any atom is 0.320 e. The molecule has 2 rings (SSSR count). The van der Waals surface area contributed by atoms with Gasteiger partial charge in [0.15, 0.2) is 5.78 Å². The number of carbonyl (C=O) groups is 2. The molecule has 17 heavy (non-hydrogen) atoms. The van der Waals surface area contributed by atoms with E-state index in [2.05, 4.69) is 13.0 Å². The quantitative estimate of drug-likeness (QED) is 0.399. The molecule has 1 fully saturated rings. The normalized spacial score (nSPS) is 37.1. The molecule has 0 spiro atoms. The number of fused-ring (bicyclic) bond motifs is 1. The maximum atomic E-state index is 12.3. The molecule has 94 valence electrons. The van der Waals surface area contributed by atoms with Crippen LogP contribution in [0.15, 0.2) is 11.6 Å². The van der Waals surface area contributed by atoms with Gasteiger partial charge in [0.2, 0.25) is 0 Å². The van der Waals surface area contributed by atoms with E-state index in [4.69, 9.17) is 4.74 Å². The Balaban J connectivity index is 2.51. The first kappa shape index (κ1) is 12.3. The lowest BCUT2D eigenvalue weighted by Gasteiger charge is -2.46. The molecule has 0 saturated heterocycles. The number of hydrogen-bond acceptors (Lipinski definition) is 3. The summed E-state index contributed by atoms with van der Waals surface area (Å²) in [7, 11) is 1.38. The van der Waals surface area contributed by atoms with Crippen molar-refractivity contribution in [1.29, 1.82) is 0 Å². The number of Topliss-reactive ketones (excluding diaryl/α,β-unsaturated/α-hetero) is 1. The molecule has 0 aromatic heterocycles. The average molecular weight is 236 g/mol. The first-order valence-electron chi connectivity index (χ1n) is 6.32. The minimum atomic E-state index is -0.896. The zero-order valence-electron chi connectivity index (χ0n) is 10.8. The molecule has 0 aromatic rings. The Morgan fingerprint density at radius 2 is 2.24 bits per heavy atom. The molecule has 2 aliphatic carbocycles. The fourth-order valence-electron chi connectivity index (χ4n) is 3.71. The molecule has 0 bridgehead atoms. The third kappa shape index (κ3) is 1.63. The van der Waals surface area contributed by atoms with Gasteiger partial charge < -0.3 is 4.74 Å². The summed E-state index contributed by atoms with van der Waals surface area (Å²) in [5, 5.41) is 0. The summed E-state index contributed by atoms with van der Waals surface area (Å²) in [6, 6.07) is 0. The lowest BCUT2D eigenvalue weighted by molar-refractivity contribution is -0.168. The van der Waals surface area contributed by atoms with E-state index >= 15 is 0 Å². The standard InChI is InChI=1S/C14H20O3/c1-9-7-10(2)14(13(16)17-3)11(8-9)5-4-6-12(14)15/h7,10-11H,4-6,8H2,1-3H3/t10-,11+,14+/m1/s1. The van der Waals surface area contributed by atoms with Gasteiger partial charge in [-0.15, -0.1) is 0 Å². The van der Waals surface area contributed by atoms with Crippen LogP contribution in [0.5, 0.6) is 0 Å². The first-order valence-corrected chi connectivity index (χ1v) is 6.32. The van der Waals surface area contributed by atoms with Crippen LogP contribution in [0.3, 0.4) is 0 Å². The van der Waals surface area contributed by atoms with Crippen molar-refractivity contribution in [2.45, 2.75) is 39.5 Å². The highest BCUT2D eigenvalue weighted by Gasteiger charge is 2.58. The number of rotatable bonds is 1. The van der Waals surface area contributed by atoms with Gasteiger partial charge in [0, 0.05) is 6.42 Å². The van der Waals surface area contributed by atoms with Crippen LogP contribution in [0.4, 0.5) is 0 Å². The van der Waals surface area contributed by atoms with Gasteiger partial charge in [0.05, 0.1) is 7.11 Å². The van der Waals surface area contributed by atoms with Gasteiger partial charge in [-0.25, -0.2) is 0 Å². The summed E-state index contributed by atoms with van der Waals surface area (Å²) in [4.78, 5) is 24.5. The van der Waals surface area contributed by atoms with Gasteiger partial charge in [0.25, 0.3) is 0 Å². The van der Waals surface area contributed by atoms with E-state index in [-0.39, 0.29) is 23.6 Å². The number of ketones is 1. The number of methoxy groups -OCH3 is 1. The smallest absolute Gasteiger partial charge is 0.320 e. The third-order valence-corrected chi connectivity index (χ3v) is 4.41. The van der Waals surface area contributed by atoms with Gasteiger partial charge in [-0.3, -0.25) is 9.59 Å². The van der Waals surface area contributed by atoms with Crippen molar-refractivity contribution < 1.29 is 14.3 Å². The minimum Gasteiger partial charge on any atom is -0.468 e. The zero-order chi connectivity index (χ0) is 12.6. The molecule has 0 N–H and O–H groups in total. The first-order chi connectivity index (χ1) is 8.03. The van der Waals surface area contributed by atoms with Crippen molar-refractivity contribution in [3.8, 4) is 0 Å². The Labute approximate surface area is 102 Å². The van der Waals surface area contributed by atoms with Crippen molar-refractivity contribution >= 4 is 11.8 Å². The summed E-state index contributed by atoms with van der Waals surface area (Å²) in [6.07, 6.45) is 5.29. The Kier molecular flexibility index (Phi) is 3.11. The van der Waals surface area contributed by atoms with Gasteiger partial charge >= 0.3 is 5.97 Å². The Bertz CT molecular complexity index is 373. The molecule has 0 unspecified atom stereocenters. The van der Waals surface area contributed by atoms with Crippen LogP contribution in [0.25, 0.3) is 0 Å². The van der Waals surface area contributed by atoms with E-state index in [1.54, 1.807) is 0 Å². The predicted molar refractivity (Wildman–Crippen MR) is 64.3 cm³/mol. The van der Waals surface area contributed by atoms with Crippen LogP contribution in [-0.4, -0.2) is 18.9 Å². The molecular weight excluding hydrogens is 216 g/mol. The number of hydrogen-bond donors (Lipinski definition) is 0. The Hall–Kier alpha value is -1.12. The van der Waals surface area contributed by atoms with Crippen molar-refractivity contribution in [1.82, 2.24) is 0 Å². The molecule has 1 saturated carbocycles. The second kappa shape index (κ2) is 4.28. The van der Waals surface area contributed by atoms with Crippen LogP contribution in [0.2, 0.25) is 0 Å². The summed E-state index contributed by atoms with van der Waals surface area (Å²) in [6.45, 7) is 4.05. The second-order valence-corrected chi connectivity index (χ2v) is 5.38. The largest absolute Gasteiger partial charge is 0.468 e. The summed E-state index contributed by atoms with van der Waals surface area (Å²) < 4.78 is 4.94. The van der Waals surface area contributed by atoms with Crippen LogP contribution < -0.4 is 0 Å². The van der Waals surface area contributed by atoms with Gasteiger partial charge in [-0.05, 0) is 38.0 Å². The van der Waals surface area contributed by atoms with Crippen molar-refractivity contribution in [3.05, 3.63) is 11.6 Å². The lowest BCUT2D eigenvalue weighted by atomic mass is 9.55. The third-order valence-electron chi connectivity index (χ3n) is 4.41. The van der Waals surface area contributed by atoms with Crippen LogP contribution >= 0.6 is 0 Å². The number of esters is 1. The van der Waals surface area contributed by atoms with E-state index in [1.807, 2.05) is 6.92 Å². The average Bonchev–Trinajstić information content (AvgIpc) is 2.27. The number of carbonyl (C=O) groups excluding carboxylic acids is 2. The van der Waals surface area contributed by atoms with E-state index in [0.29, 0.717) is 6.42 Å². The van der Waals surface area contributed by atoms with Gasteiger partial charge in [-0.1, -0.05) is 18.6 Å². The Morgan fingerprint density at radius 3 is 2.88 bits per heavy atom. The molecule has 0 radical (unpaired) electrons. The fourth-order valence-corrected chi connectivity index (χ4v) is 3.71. The van der Waals surface area contributed by atoms with E-state index in [0.717, 1.165) is 19.3 Å².